The number of aliphatic imine (C=N–C) groups is 1. The molecule has 1 aromatic rings. The molecule has 7 heteroatoms. The van der Waals surface area contributed by atoms with Gasteiger partial charge in [-0.3, -0.25) is 9.89 Å². The van der Waals surface area contributed by atoms with Gasteiger partial charge in [0.25, 0.3) is 0 Å². The molecular weight excluding hydrogens is 491 g/mol. The molecule has 0 amide bonds. The molecule has 1 aromatic carbocycles. The average molecular weight is 530 g/mol. The van der Waals surface area contributed by atoms with Gasteiger partial charge in [-0.1, -0.05) is 29.8 Å². The van der Waals surface area contributed by atoms with Crippen molar-refractivity contribution in [1.82, 2.24) is 15.5 Å². The number of hydrogen-bond acceptors (Lipinski definition) is 4. The Hall–Kier alpha value is -0.900. The van der Waals surface area contributed by atoms with Gasteiger partial charge in [0.15, 0.2) is 5.96 Å². The van der Waals surface area contributed by atoms with Gasteiger partial charge in [0.05, 0.1) is 25.9 Å². The Morgan fingerprint density at radius 2 is 1.90 bits per heavy atom. The third-order valence-corrected chi connectivity index (χ3v) is 5.91. The molecule has 3 atom stereocenters. The van der Waals surface area contributed by atoms with Crippen LogP contribution in [-0.4, -0.2) is 69.4 Å². The normalized spacial score (nSPS) is 24.0. The van der Waals surface area contributed by atoms with Gasteiger partial charge in [-0.2, -0.15) is 0 Å². The van der Waals surface area contributed by atoms with E-state index < -0.39 is 0 Å². The fourth-order valence-corrected chi connectivity index (χ4v) is 4.10. The van der Waals surface area contributed by atoms with Gasteiger partial charge >= 0.3 is 0 Å². The zero-order chi connectivity index (χ0) is 20.5. The summed E-state index contributed by atoms with van der Waals surface area (Å²) in [6.45, 7) is 13.5. The Morgan fingerprint density at radius 1 is 1.17 bits per heavy atom. The number of benzene rings is 1. The van der Waals surface area contributed by atoms with E-state index in [1.807, 2.05) is 0 Å². The minimum Gasteiger partial charge on any atom is -0.379 e. The number of halogens is 1. The molecule has 2 aliphatic heterocycles. The van der Waals surface area contributed by atoms with E-state index in [4.69, 9.17) is 14.5 Å². The first kappa shape index (κ1) is 25.4. The van der Waals surface area contributed by atoms with E-state index in [2.05, 4.69) is 60.6 Å². The van der Waals surface area contributed by atoms with Crippen LogP contribution in [-0.2, 0) is 9.47 Å². The Bertz CT molecular complexity index is 635. The van der Waals surface area contributed by atoms with Crippen molar-refractivity contribution in [2.24, 2.45) is 10.9 Å². The lowest BCUT2D eigenvalue weighted by Crippen LogP contribution is -2.45. The Labute approximate surface area is 199 Å². The standard InChI is InChI=1S/C23H38N4O2.HI/c1-4-24-23(25-16-19(3)27-11-14-28-15-12-27)26-17-21-6-5-13-29-22(21)20-9-7-18(2)8-10-20;/h7-10,19,21-22H,4-6,11-17H2,1-3H3,(H2,24,25,26);1H. The number of ether oxygens (including phenoxy) is 2. The van der Waals surface area contributed by atoms with Gasteiger partial charge in [0.1, 0.15) is 0 Å². The van der Waals surface area contributed by atoms with Gasteiger partial charge in [0, 0.05) is 44.7 Å². The van der Waals surface area contributed by atoms with E-state index in [0.717, 1.165) is 64.9 Å². The van der Waals surface area contributed by atoms with Crippen LogP contribution >= 0.6 is 24.0 Å². The van der Waals surface area contributed by atoms with Crippen molar-refractivity contribution in [2.75, 3.05) is 52.5 Å². The number of rotatable bonds is 7. The molecule has 3 unspecified atom stereocenters. The molecule has 3 rings (SSSR count). The summed E-state index contributed by atoms with van der Waals surface area (Å²) in [5, 5.41) is 6.97. The molecule has 2 N–H and O–H groups in total. The number of hydrogen-bond donors (Lipinski definition) is 2. The first-order valence-corrected chi connectivity index (χ1v) is 11.2. The minimum absolute atomic E-state index is 0. The molecule has 0 aromatic heterocycles. The molecule has 170 valence electrons. The molecule has 0 aliphatic carbocycles. The number of guanidine groups is 1. The molecule has 2 heterocycles. The summed E-state index contributed by atoms with van der Waals surface area (Å²) in [5.74, 6) is 1.35. The Morgan fingerprint density at radius 3 is 2.60 bits per heavy atom. The summed E-state index contributed by atoms with van der Waals surface area (Å²) in [4.78, 5) is 7.31. The predicted octanol–water partition coefficient (Wildman–Crippen LogP) is 3.36. The molecule has 0 saturated carbocycles. The molecular formula is C23H39IN4O2. The highest BCUT2D eigenvalue weighted by Crippen LogP contribution is 2.33. The summed E-state index contributed by atoms with van der Waals surface area (Å²) in [6.07, 6.45) is 2.46. The fourth-order valence-electron chi connectivity index (χ4n) is 4.10. The van der Waals surface area contributed by atoms with Crippen molar-refractivity contribution >= 4 is 29.9 Å². The van der Waals surface area contributed by atoms with Gasteiger partial charge < -0.3 is 20.1 Å². The van der Waals surface area contributed by atoms with Crippen LogP contribution in [0.25, 0.3) is 0 Å². The van der Waals surface area contributed by atoms with Crippen molar-refractivity contribution in [3.05, 3.63) is 35.4 Å². The van der Waals surface area contributed by atoms with Crippen LogP contribution in [0.5, 0.6) is 0 Å². The van der Waals surface area contributed by atoms with Crippen LogP contribution in [0.4, 0.5) is 0 Å². The molecule has 2 saturated heterocycles. The zero-order valence-corrected chi connectivity index (χ0v) is 21.1. The molecule has 2 fully saturated rings. The topological polar surface area (TPSA) is 58.1 Å². The van der Waals surface area contributed by atoms with Crippen molar-refractivity contribution in [3.8, 4) is 0 Å². The van der Waals surface area contributed by atoms with Crippen molar-refractivity contribution in [1.29, 1.82) is 0 Å². The van der Waals surface area contributed by atoms with Crippen LogP contribution in [0.15, 0.2) is 29.3 Å². The van der Waals surface area contributed by atoms with E-state index in [0.29, 0.717) is 12.0 Å². The van der Waals surface area contributed by atoms with Gasteiger partial charge in [-0.05, 0) is 39.2 Å². The van der Waals surface area contributed by atoms with Crippen LogP contribution in [0.2, 0.25) is 0 Å². The maximum Gasteiger partial charge on any atom is 0.191 e. The first-order valence-electron chi connectivity index (χ1n) is 11.2. The van der Waals surface area contributed by atoms with Gasteiger partial charge in [-0.15, -0.1) is 24.0 Å². The van der Waals surface area contributed by atoms with E-state index in [1.165, 1.54) is 17.5 Å². The van der Waals surface area contributed by atoms with Crippen LogP contribution in [0, 0.1) is 12.8 Å². The molecule has 0 bridgehead atoms. The first-order chi connectivity index (χ1) is 14.2. The van der Waals surface area contributed by atoms with E-state index >= 15 is 0 Å². The van der Waals surface area contributed by atoms with Gasteiger partial charge in [0.2, 0.25) is 0 Å². The molecule has 2 aliphatic rings. The van der Waals surface area contributed by atoms with E-state index in [-0.39, 0.29) is 30.1 Å². The van der Waals surface area contributed by atoms with Crippen LogP contribution in [0.1, 0.15) is 43.9 Å². The summed E-state index contributed by atoms with van der Waals surface area (Å²) in [6, 6.07) is 9.20. The summed E-state index contributed by atoms with van der Waals surface area (Å²) in [7, 11) is 0. The maximum atomic E-state index is 6.17. The lowest BCUT2D eigenvalue weighted by atomic mass is 9.89. The second-order valence-corrected chi connectivity index (χ2v) is 8.20. The number of morpholine rings is 1. The van der Waals surface area contributed by atoms with Crippen molar-refractivity contribution in [3.63, 3.8) is 0 Å². The number of aryl methyl sites for hydroxylation is 1. The quantitative estimate of drug-likeness (QED) is 0.322. The van der Waals surface area contributed by atoms with Crippen LogP contribution < -0.4 is 10.6 Å². The minimum atomic E-state index is 0. The summed E-state index contributed by atoms with van der Waals surface area (Å²) < 4.78 is 11.6. The monoisotopic (exact) mass is 530 g/mol. The molecule has 0 radical (unpaired) electrons. The predicted molar refractivity (Wildman–Crippen MR) is 134 cm³/mol. The molecule has 0 spiro atoms. The van der Waals surface area contributed by atoms with Crippen molar-refractivity contribution < 1.29 is 9.47 Å². The highest BCUT2D eigenvalue weighted by Gasteiger charge is 2.27. The lowest BCUT2D eigenvalue weighted by Gasteiger charge is -2.33. The third kappa shape index (κ3) is 7.66. The largest absolute Gasteiger partial charge is 0.379 e. The summed E-state index contributed by atoms with van der Waals surface area (Å²) in [5.41, 5.74) is 2.57. The van der Waals surface area contributed by atoms with Crippen LogP contribution in [0.3, 0.4) is 0 Å². The fraction of sp³-hybridized carbons (Fsp3) is 0.696. The Kier molecular flexibility index (Phi) is 11.4. The Balaban J connectivity index is 0.00000320. The zero-order valence-electron chi connectivity index (χ0n) is 18.7. The molecule has 30 heavy (non-hydrogen) atoms. The average Bonchev–Trinajstić information content (AvgIpc) is 2.77. The maximum absolute atomic E-state index is 6.17. The SMILES string of the molecule is CCNC(=NCC(C)N1CCOCC1)NCC1CCCOC1c1ccc(C)cc1.I. The number of nitrogens with zero attached hydrogens (tertiary/aromatic N) is 2. The highest BCUT2D eigenvalue weighted by atomic mass is 127. The summed E-state index contributed by atoms with van der Waals surface area (Å²) >= 11 is 0. The van der Waals surface area contributed by atoms with E-state index in [9.17, 15) is 0 Å². The van der Waals surface area contributed by atoms with E-state index in [1.54, 1.807) is 0 Å². The van der Waals surface area contributed by atoms with Crippen molar-refractivity contribution in [2.45, 2.75) is 45.8 Å². The molecule has 6 nitrogen and oxygen atoms in total. The third-order valence-electron chi connectivity index (χ3n) is 5.91. The van der Waals surface area contributed by atoms with Gasteiger partial charge in [-0.25, -0.2) is 0 Å². The smallest absolute Gasteiger partial charge is 0.191 e. The highest BCUT2D eigenvalue weighted by molar-refractivity contribution is 14.0. The number of nitrogens with one attached hydrogen (secondary N) is 2. The second kappa shape index (κ2) is 13.5. The lowest BCUT2D eigenvalue weighted by molar-refractivity contribution is -0.0265. The second-order valence-electron chi connectivity index (χ2n) is 8.20.